The van der Waals surface area contributed by atoms with E-state index in [1.165, 1.54) is 6.08 Å². The Kier molecular flexibility index (Phi) is 3.79. The number of hydrogen-bond donors (Lipinski definition) is 1. The van der Waals surface area contributed by atoms with E-state index >= 15 is 0 Å². The number of rotatable bonds is 2. The Balaban J connectivity index is 2.09. The van der Waals surface area contributed by atoms with E-state index < -0.39 is 15.9 Å². The number of amides is 1. The topological polar surface area (TPSA) is 63.2 Å². The molecule has 0 radical (unpaired) electrons. The smallest absolute Gasteiger partial charge is 0.251 e. The van der Waals surface area contributed by atoms with Gasteiger partial charge in [-0.3, -0.25) is 4.79 Å². The molecule has 1 N–H and O–H groups in total. The summed E-state index contributed by atoms with van der Waals surface area (Å²) >= 11 is 9.05. The van der Waals surface area contributed by atoms with Crippen LogP contribution in [0.3, 0.4) is 0 Å². The van der Waals surface area contributed by atoms with E-state index in [2.05, 4.69) is 21.2 Å². The van der Waals surface area contributed by atoms with E-state index in [1.807, 2.05) is 0 Å². The first-order valence-corrected chi connectivity index (χ1v) is 7.93. The van der Waals surface area contributed by atoms with Crippen LogP contribution in [0.4, 0.5) is 0 Å². The average Bonchev–Trinajstić information content (AvgIpc) is 2.62. The Hall–Kier alpha value is -0.850. The van der Waals surface area contributed by atoms with Gasteiger partial charge >= 0.3 is 0 Å². The lowest BCUT2D eigenvalue weighted by Crippen LogP contribution is -2.35. The summed E-state index contributed by atoms with van der Waals surface area (Å²) in [6.07, 6.45) is 1.47. The number of hydrogen-bond acceptors (Lipinski definition) is 3. The van der Waals surface area contributed by atoms with Gasteiger partial charge in [0, 0.05) is 15.4 Å². The molecule has 0 fully saturated rings. The van der Waals surface area contributed by atoms with Gasteiger partial charge in [0.1, 0.15) is 0 Å². The summed E-state index contributed by atoms with van der Waals surface area (Å²) in [6, 6.07) is 4.29. The van der Waals surface area contributed by atoms with E-state index in [4.69, 9.17) is 11.6 Å². The number of benzene rings is 1. The summed E-state index contributed by atoms with van der Waals surface area (Å²) in [5.74, 6) is -0.424. The number of sulfone groups is 1. The van der Waals surface area contributed by atoms with Gasteiger partial charge in [0.25, 0.3) is 5.91 Å². The number of carbonyl (C=O) groups excluding carboxylic acids is 1. The Bertz CT molecular complexity index is 627. The molecular weight excluding hydrogens is 342 g/mol. The molecule has 4 nitrogen and oxygen atoms in total. The predicted octanol–water partition coefficient (Wildman–Crippen LogP) is 2.14. The maximum absolute atomic E-state index is 11.9. The van der Waals surface area contributed by atoms with Crippen LogP contribution in [0.5, 0.6) is 0 Å². The summed E-state index contributed by atoms with van der Waals surface area (Å²) in [7, 11) is -3.16. The highest BCUT2D eigenvalue weighted by Crippen LogP contribution is 2.23. The first-order chi connectivity index (χ1) is 8.37. The molecule has 1 aromatic rings. The van der Waals surface area contributed by atoms with Crippen molar-refractivity contribution in [3.8, 4) is 0 Å². The molecule has 1 amide bonds. The summed E-state index contributed by atoms with van der Waals surface area (Å²) in [5.41, 5.74) is 0.420. The molecule has 0 bridgehead atoms. The van der Waals surface area contributed by atoms with Gasteiger partial charge in [0.15, 0.2) is 9.84 Å². The number of nitrogens with one attached hydrogen (secondary N) is 1. The standard InChI is InChI=1S/C11H9BrClNO3S/c12-9-5-7(1-2-10(9)13)11(15)14-8-3-4-18(16,17)6-8/h1-5,8H,6H2,(H,14,15). The minimum absolute atomic E-state index is 0.0898. The molecule has 2 rings (SSSR count). The van der Waals surface area contributed by atoms with Crippen LogP contribution in [-0.2, 0) is 9.84 Å². The second kappa shape index (κ2) is 5.03. The Morgan fingerprint density at radius 2 is 2.17 bits per heavy atom. The predicted molar refractivity (Wildman–Crippen MR) is 73.3 cm³/mol. The summed E-state index contributed by atoms with van der Waals surface area (Å²) in [4.78, 5) is 11.9. The lowest BCUT2D eigenvalue weighted by Gasteiger charge is -2.10. The quantitative estimate of drug-likeness (QED) is 0.889. The van der Waals surface area contributed by atoms with Gasteiger partial charge in [0.2, 0.25) is 0 Å². The highest BCUT2D eigenvalue weighted by molar-refractivity contribution is 9.10. The monoisotopic (exact) mass is 349 g/mol. The zero-order valence-electron chi connectivity index (χ0n) is 9.06. The summed E-state index contributed by atoms with van der Waals surface area (Å²) in [6.45, 7) is 0. The fraction of sp³-hybridized carbons (Fsp3) is 0.182. The maximum atomic E-state index is 11.9. The van der Waals surface area contributed by atoms with E-state index in [-0.39, 0.29) is 11.7 Å². The van der Waals surface area contributed by atoms with E-state index in [1.54, 1.807) is 18.2 Å². The Morgan fingerprint density at radius 3 is 2.72 bits per heavy atom. The zero-order valence-corrected chi connectivity index (χ0v) is 12.2. The molecule has 96 valence electrons. The lowest BCUT2D eigenvalue weighted by atomic mass is 10.2. The minimum Gasteiger partial charge on any atom is -0.345 e. The third kappa shape index (κ3) is 3.13. The molecule has 18 heavy (non-hydrogen) atoms. The van der Waals surface area contributed by atoms with Crippen molar-refractivity contribution in [2.24, 2.45) is 0 Å². The van der Waals surface area contributed by atoms with Crippen LogP contribution >= 0.6 is 27.5 Å². The fourth-order valence-electron chi connectivity index (χ4n) is 1.55. The summed E-state index contributed by atoms with van der Waals surface area (Å²) < 4.78 is 23.0. The highest BCUT2D eigenvalue weighted by Gasteiger charge is 2.23. The maximum Gasteiger partial charge on any atom is 0.251 e. The van der Waals surface area contributed by atoms with Crippen LogP contribution in [0.15, 0.2) is 34.2 Å². The molecule has 0 spiro atoms. The molecule has 0 aromatic heterocycles. The van der Waals surface area contributed by atoms with E-state index in [0.717, 1.165) is 5.41 Å². The molecule has 1 aliphatic heterocycles. The third-order valence-electron chi connectivity index (χ3n) is 2.43. The van der Waals surface area contributed by atoms with Gasteiger partial charge in [-0.05, 0) is 40.2 Å². The van der Waals surface area contributed by atoms with Crippen LogP contribution in [-0.4, -0.2) is 26.1 Å². The van der Waals surface area contributed by atoms with Crippen LogP contribution in [0.1, 0.15) is 10.4 Å². The van der Waals surface area contributed by atoms with E-state index in [0.29, 0.717) is 15.1 Å². The molecule has 0 saturated heterocycles. The van der Waals surface area contributed by atoms with Crippen molar-refractivity contribution >= 4 is 43.3 Å². The molecule has 0 saturated carbocycles. The van der Waals surface area contributed by atoms with Crippen LogP contribution in [0, 0.1) is 0 Å². The van der Waals surface area contributed by atoms with Crippen molar-refractivity contribution in [2.75, 3.05) is 5.75 Å². The Labute approximate surface area is 118 Å². The van der Waals surface area contributed by atoms with Crippen molar-refractivity contribution in [2.45, 2.75) is 6.04 Å². The van der Waals surface area contributed by atoms with Gasteiger partial charge < -0.3 is 5.32 Å². The SMILES string of the molecule is O=C(NC1C=CS(=O)(=O)C1)c1ccc(Cl)c(Br)c1. The van der Waals surface area contributed by atoms with Crippen molar-refractivity contribution in [3.63, 3.8) is 0 Å². The van der Waals surface area contributed by atoms with Gasteiger partial charge in [-0.2, -0.15) is 0 Å². The molecular formula is C11H9BrClNO3S. The molecule has 1 aromatic carbocycles. The van der Waals surface area contributed by atoms with Gasteiger partial charge in [-0.25, -0.2) is 8.42 Å². The number of carbonyl (C=O) groups is 1. The molecule has 7 heteroatoms. The van der Waals surface area contributed by atoms with Crippen LogP contribution < -0.4 is 5.32 Å². The van der Waals surface area contributed by atoms with Gasteiger partial charge in [-0.15, -0.1) is 0 Å². The van der Waals surface area contributed by atoms with Crippen molar-refractivity contribution in [1.82, 2.24) is 5.32 Å². The summed E-state index contributed by atoms with van der Waals surface area (Å²) in [5, 5.41) is 4.26. The minimum atomic E-state index is -3.16. The first-order valence-electron chi connectivity index (χ1n) is 5.04. The molecule has 1 unspecified atom stereocenters. The average molecular weight is 351 g/mol. The van der Waals surface area contributed by atoms with Crippen molar-refractivity contribution in [3.05, 3.63) is 44.7 Å². The first kappa shape index (κ1) is 13.6. The largest absolute Gasteiger partial charge is 0.345 e. The second-order valence-electron chi connectivity index (χ2n) is 3.87. The molecule has 1 heterocycles. The third-order valence-corrected chi connectivity index (χ3v) is 5.04. The zero-order chi connectivity index (χ0) is 13.3. The van der Waals surface area contributed by atoms with Crippen LogP contribution in [0.25, 0.3) is 0 Å². The van der Waals surface area contributed by atoms with Crippen molar-refractivity contribution in [1.29, 1.82) is 0 Å². The molecule has 1 atom stereocenters. The second-order valence-corrected chi connectivity index (χ2v) is 7.06. The molecule has 0 aliphatic carbocycles. The van der Waals surface area contributed by atoms with Gasteiger partial charge in [0.05, 0.1) is 16.8 Å². The lowest BCUT2D eigenvalue weighted by molar-refractivity contribution is 0.0947. The highest BCUT2D eigenvalue weighted by atomic mass is 79.9. The normalized spacial score (nSPS) is 20.9. The van der Waals surface area contributed by atoms with Crippen LogP contribution in [0.2, 0.25) is 5.02 Å². The van der Waals surface area contributed by atoms with E-state index in [9.17, 15) is 13.2 Å². The Morgan fingerprint density at radius 1 is 1.44 bits per heavy atom. The van der Waals surface area contributed by atoms with Gasteiger partial charge in [-0.1, -0.05) is 11.6 Å². The van der Waals surface area contributed by atoms with Crippen molar-refractivity contribution < 1.29 is 13.2 Å². The fourth-order valence-corrected chi connectivity index (χ4v) is 3.29. The number of halogens is 2. The molecule has 1 aliphatic rings.